The molecule has 0 spiro atoms. The van der Waals surface area contributed by atoms with Gasteiger partial charge in [-0.05, 0) is 26.3 Å². The summed E-state index contributed by atoms with van der Waals surface area (Å²) >= 11 is 0. The molecule has 0 saturated heterocycles. The van der Waals surface area contributed by atoms with E-state index in [2.05, 4.69) is 0 Å². The maximum absolute atomic E-state index is 5.48. The smallest absolute Gasteiger partial charge is 0.0781 e. The average molecular weight is 234 g/mol. The lowest BCUT2D eigenvalue weighted by atomic mass is 10.3. The van der Waals surface area contributed by atoms with Gasteiger partial charge in [0.2, 0.25) is 0 Å². The van der Waals surface area contributed by atoms with E-state index in [9.17, 15) is 0 Å². The van der Waals surface area contributed by atoms with Gasteiger partial charge in [0.05, 0.1) is 32.5 Å². The molecule has 0 heterocycles. The van der Waals surface area contributed by atoms with Crippen molar-refractivity contribution in [1.82, 2.24) is 0 Å². The molecule has 5 nitrogen and oxygen atoms in total. The van der Waals surface area contributed by atoms with E-state index in [-0.39, 0.29) is 6.10 Å². The number of hydrogen-bond acceptors (Lipinski definition) is 5. The van der Waals surface area contributed by atoms with Crippen molar-refractivity contribution in [2.75, 3.05) is 46.1 Å². The van der Waals surface area contributed by atoms with E-state index in [1.165, 1.54) is 0 Å². The first-order valence-corrected chi connectivity index (χ1v) is 5.98. The molecular weight excluding hydrogens is 208 g/mol. The van der Waals surface area contributed by atoms with Crippen molar-refractivity contribution in [3.63, 3.8) is 0 Å². The Balaban J connectivity index is 3.09. The summed E-state index contributed by atoms with van der Waals surface area (Å²) in [7, 11) is 0. The van der Waals surface area contributed by atoms with Crippen molar-refractivity contribution in [3.8, 4) is 0 Å². The Morgan fingerprint density at radius 1 is 0.875 bits per heavy atom. The Bertz CT molecular complexity index is 122. The lowest BCUT2D eigenvalue weighted by Gasteiger charge is -2.13. The molecule has 0 aliphatic carbocycles. The highest BCUT2D eigenvalue weighted by Crippen LogP contribution is 1.94. The molecule has 0 radical (unpaired) electrons. The summed E-state index contributed by atoms with van der Waals surface area (Å²) in [5.74, 6) is 0. The first-order valence-electron chi connectivity index (χ1n) is 5.98. The van der Waals surface area contributed by atoms with Gasteiger partial charge < -0.3 is 25.7 Å². The molecule has 0 aromatic heterocycles. The molecule has 1 unspecified atom stereocenters. The predicted molar refractivity (Wildman–Crippen MR) is 64.4 cm³/mol. The molecule has 5 heteroatoms. The molecular formula is C11H26N2O3. The highest BCUT2D eigenvalue weighted by molar-refractivity contribution is 4.48. The fraction of sp³-hybridized carbons (Fsp3) is 1.00. The minimum Gasteiger partial charge on any atom is -0.379 e. The lowest BCUT2D eigenvalue weighted by molar-refractivity contribution is -0.0292. The maximum Gasteiger partial charge on any atom is 0.0781 e. The van der Waals surface area contributed by atoms with Crippen LogP contribution in [0.25, 0.3) is 0 Å². The van der Waals surface area contributed by atoms with Crippen molar-refractivity contribution < 1.29 is 14.2 Å². The van der Waals surface area contributed by atoms with Gasteiger partial charge in [0.15, 0.2) is 0 Å². The Labute approximate surface area is 98.4 Å². The fourth-order valence-corrected chi connectivity index (χ4v) is 1.14. The highest BCUT2D eigenvalue weighted by atomic mass is 16.5. The Morgan fingerprint density at radius 3 is 2.38 bits per heavy atom. The summed E-state index contributed by atoms with van der Waals surface area (Å²) in [6, 6.07) is 0. The van der Waals surface area contributed by atoms with Gasteiger partial charge in [0.1, 0.15) is 0 Å². The van der Waals surface area contributed by atoms with E-state index >= 15 is 0 Å². The van der Waals surface area contributed by atoms with Crippen LogP contribution in [0.3, 0.4) is 0 Å². The lowest BCUT2D eigenvalue weighted by Crippen LogP contribution is -2.20. The molecule has 0 fully saturated rings. The third-order valence-corrected chi connectivity index (χ3v) is 1.99. The Morgan fingerprint density at radius 2 is 1.69 bits per heavy atom. The zero-order valence-electron chi connectivity index (χ0n) is 10.3. The monoisotopic (exact) mass is 234 g/mol. The molecule has 0 aromatic carbocycles. The van der Waals surface area contributed by atoms with Crippen molar-refractivity contribution in [2.24, 2.45) is 11.5 Å². The van der Waals surface area contributed by atoms with Crippen LogP contribution in [0.5, 0.6) is 0 Å². The first kappa shape index (κ1) is 15.8. The van der Waals surface area contributed by atoms with Crippen LogP contribution in [0, 0.1) is 0 Å². The molecule has 0 rings (SSSR count). The van der Waals surface area contributed by atoms with E-state index in [1.54, 1.807) is 0 Å². The summed E-state index contributed by atoms with van der Waals surface area (Å²) in [5, 5.41) is 0. The van der Waals surface area contributed by atoms with Crippen molar-refractivity contribution in [3.05, 3.63) is 0 Å². The van der Waals surface area contributed by atoms with Crippen molar-refractivity contribution >= 4 is 0 Å². The van der Waals surface area contributed by atoms with Crippen molar-refractivity contribution in [2.45, 2.75) is 25.9 Å². The predicted octanol–water partition coefficient (Wildman–Crippen LogP) is 0.122. The Kier molecular flexibility index (Phi) is 12.7. The molecule has 0 aromatic rings. The molecule has 0 bridgehead atoms. The number of hydrogen-bond donors (Lipinski definition) is 2. The highest BCUT2D eigenvalue weighted by Gasteiger charge is 2.01. The standard InChI is InChI=1S/C11H26N2O3/c1-11(10-15-6-3-2-4-12)16-9-8-14-7-5-13/h11H,2-10,12-13H2,1H3. The molecule has 0 amide bonds. The molecule has 0 aliphatic rings. The topological polar surface area (TPSA) is 79.7 Å². The van der Waals surface area contributed by atoms with E-state index in [0.29, 0.717) is 33.0 Å². The summed E-state index contributed by atoms with van der Waals surface area (Å²) in [5.41, 5.74) is 10.7. The minimum absolute atomic E-state index is 0.111. The van der Waals surface area contributed by atoms with E-state index < -0.39 is 0 Å². The van der Waals surface area contributed by atoms with Crippen LogP contribution >= 0.6 is 0 Å². The zero-order chi connectivity index (χ0) is 12.1. The first-order chi connectivity index (χ1) is 7.81. The summed E-state index contributed by atoms with van der Waals surface area (Å²) in [6.07, 6.45) is 2.14. The number of rotatable bonds is 12. The van der Waals surface area contributed by atoms with Gasteiger partial charge in [-0.15, -0.1) is 0 Å². The van der Waals surface area contributed by atoms with E-state index in [4.69, 9.17) is 25.7 Å². The largest absolute Gasteiger partial charge is 0.379 e. The third kappa shape index (κ3) is 11.9. The molecule has 98 valence electrons. The second-order valence-corrected chi connectivity index (χ2v) is 3.65. The quantitative estimate of drug-likeness (QED) is 0.469. The third-order valence-electron chi connectivity index (χ3n) is 1.99. The van der Waals surface area contributed by atoms with Gasteiger partial charge in [-0.25, -0.2) is 0 Å². The van der Waals surface area contributed by atoms with E-state index in [0.717, 1.165) is 26.0 Å². The number of nitrogens with two attached hydrogens (primary N) is 2. The van der Waals surface area contributed by atoms with Gasteiger partial charge in [0, 0.05) is 13.2 Å². The van der Waals surface area contributed by atoms with Crippen LogP contribution in [0.15, 0.2) is 0 Å². The fourth-order valence-electron chi connectivity index (χ4n) is 1.14. The normalized spacial score (nSPS) is 12.9. The molecule has 4 N–H and O–H groups in total. The molecule has 16 heavy (non-hydrogen) atoms. The molecule has 0 saturated carbocycles. The van der Waals surface area contributed by atoms with Crippen LogP contribution in [0.4, 0.5) is 0 Å². The second kappa shape index (κ2) is 12.9. The Hall–Kier alpha value is -0.200. The minimum atomic E-state index is 0.111. The second-order valence-electron chi connectivity index (χ2n) is 3.65. The van der Waals surface area contributed by atoms with Crippen LogP contribution < -0.4 is 11.5 Å². The van der Waals surface area contributed by atoms with Crippen LogP contribution in [-0.4, -0.2) is 52.2 Å². The van der Waals surface area contributed by atoms with Gasteiger partial charge in [-0.3, -0.25) is 0 Å². The van der Waals surface area contributed by atoms with Gasteiger partial charge in [-0.1, -0.05) is 0 Å². The van der Waals surface area contributed by atoms with Gasteiger partial charge in [-0.2, -0.15) is 0 Å². The van der Waals surface area contributed by atoms with Crippen LogP contribution in [0.1, 0.15) is 19.8 Å². The van der Waals surface area contributed by atoms with Crippen LogP contribution in [-0.2, 0) is 14.2 Å². The SMILES string of the molecule is CC(COCCCCN)OCCOCCN. The average Bonchev–Trinajstić information content (AvgIpc) is 2.28. The number of unbranched alkanes of at least 4 members (excludes halogenated alkanes) is 1. The molecule has 0 aliphatic heterocycles. The summed E-state index contributed by atoms with van der Waals surface area (Å²) < 4.78 is 16.1. The summed E-state index contributed by atoms with van der Waals surface area (Å²) in [4.78, 5) is 0. The maximum atomic E-state index is 5.48. The van der Waals surface area contributed by atoms with Crippen LogP contribution in [0.2, 0.25) is 0 Å². The van der Waals surface area contributed by atoms with Crippen molar-refractivity contribution in [1.29, 1.82) is 0 Å². The molecule has 1 atom stereocenters. The number of ether oxygens (including phenoxy) is 3. The van der Waals surface area contributed by atoms with E-state index in [1.807, 2.05) is 6.92 Å². The van der Waals surface area contributed by atoms with Gasteiger partial charge in [0.25, 0.3) is 0 Å². The zero-order valence-corrected chi connectivity index (χ0v) is 10.3. The van der Waals surface area contributed by atoms with Gasteiger partial charge >= 0.3 is 0 Å². The summed E-state index contributed by atoms with van der Waals surface area (Å²) in [6.45, 7) is 6.44.